The van der Waals surface area contributed by atoms with E-state index in [0.717, 1.165) is 31.6 Å². The van der Waals surface area contributed by atoms with Gasteiger partial charge in [0.1, 0.15) is 10.6 Å². The normalized spacial score (nSPS) is 17.9. The molecule has 0 spiro atoms. The van der Waals surface area contributed by atoms with Crippen LogP contribution in [0.25, 0.3) is 0 Å². The van der Waals surface area contributed by atoms with Crippen LogP contribution in [0.3, 0.4) is 0 Å². The topological polar surface area (TPSA) is 49.9 Å². The van der Waals surface area contributed by atoms with Crippen LogP contribution in [0.4, 0.5) is 0 Å². The molecule has 1 saturated heterocycles. The second-order valence-electron chi connectivity index (χ2n) is 5.18. The second kappa shape index (κ2) is 6.77. The monoisotopic (exact) mass is 312 g/mol. The van der Waals surface area contributed by atoms with Gasteiger partial charge >= 0.3 is 0 Å². The highest BCUT2D eigenvalue weighted by Crippen LogP contribution is 2.28. The summed E-state index contributed by atoms with van der Waals surface area (Å²) in [5.74, 6) is 0.421. The Labute approximate surface area is 127 Å². The van der Waals surface area contributed by atoms with Crippen molar-refractivity contribution in [1.82, 2.24) is 9.21 Å². The first-order valence-corrected chi connectivity index (χ1v) is 8.86. The number of hydrogen-bond acceptors (Lipinski definition) is 4. The number of nitrogens with zero attached hydrogens (tertiary/aromatic N) is 2. The summed E-state index contributed by atoms with van der Waals surface area (Å²) in [4.78, 5) is 2.54. The van der Waals surface area contributed by atoms with Crippen LogP contribution in [0.15, 0.2) is 23.1 Å². The maximum atomic E-state index is 12.9. The van der Waals surface area contributed by atoms with E-state index in [-0.39, 0.29) is 4.90 Å². The lowest BCUT2D eigenvalue weighted by atomic mass is 10.2. The fraction of sp³-hybridized carbons (Fsp3) is 0.600. The minimum absolute atomic E-state index is 0.286. The molecule has 1 heterocycles. The van der Waals surface area contributed by atoms with Crippen LogP contribution in [0.1, 0.15) is 19.4 Å². The van der Waals surface area contributed by atoms with Gasteiger partial charge in [-0.3, -0.25) is 0 Å². The number of benzene rings is 1. The zero-order valence-electron chi connectivity index (χ0n) is 13.0. The van der Waals surface area contributed by atoms with E-state index < -0.39 is 10.0 Å². The number of methoxy groups -OCH3 is 1. The minimum atomic E-state index is -3.49. The second-order valence-corrected chi connectivity index (χ2v) is 7.08. The quantitative estimate of drug-likeness (QED) is 0.828. The van der Waals surface area contributed by atoms with E-state index in [1.54, 1.807) is 16.4 Å². The van der Waals surface area contributed by atoms with Crippen molar-refractivity contribution in [2.75, 3.05) is 39.8 Å². The summed E-state index contributed by atoms with van der Waals surface area (Å²) in [6.07, 6.45) is 0.802. The Balaban J connectivity index is 2.31. The molecule has 1 aliphatic rings. The molecule has 0 saturated carbocycles. The summed E-state index contributed by atoms with van der Waals surface area (Å²) < 4.78 is 32.5. The van der Waals surface area contributed by atoms with Gasteiger partial charge in [-0.25, -0.2) is 8.42 Å². The largest absolute Gasteiger partial charge is 0.495 e. The van der Waals surface area contributed by atoms with Gasteiger partial charge < -0.3 is 9.64 Å². The highest BCUT2D eigenvalue weighted by Gasteiger charge is 2.30. The smallest absolute Gasteiger partial charge is 0.246 e. The Kier molecular flexibility index (Phi) is 5.24. The molecule has 0 bridgehead atoms. The Bertz CT molecular complexity index is 579. The fourth-order valence-corrected chi connectivity index (χ4v) is 4.20. The molecule has 21 heavy (non-hydrogen) atoms. The van der Waals surface area contributed by atoms with Gasteiger partial charge in [0.2, 0.25) is 10.0 Å². The minimum Gasteiger partial charge on any atom is -0.495 e. The molecule has 1 aliphatic heterocycles. The standard InChI is InChI=1S/C15H24N2O3S/c1-4-13-6-7-14(20-3)15(12-13)21(18,19)17-10-8-16(5-2)9-11-17/h6-7,12H,4-5,8-11H2,1-3H3. The molecule has 0 N–H and O–H groups in total. The molecular formula is C15H24N2O3S. The molecule has 5 nitrogen and oxygen atoms in total. The Morgan fingerprint density at radius 2 is 1.81 bits per heavy atom. The third-order valence-corrected chi connectivity index (χ3v) is 5.95. The van der Waals surface area contributed by atoms with E-state index >= 15 is 0 Å². The SMILES string of the molecule is CCc1ccc(OC)c(S(=O)(=O)N2CCN(CC)CC2)c1. The van der Waals surface area contributed by atoms with Crippen LogP contribution < -0.4 is 4.74 Å². The lowest BCUT2D eigenvalue weighted by Gasteiger charge is -2.33. The summed E-state index contributed by atoms with van der Waals surface area (Å²) in [7, 11) is -1.98. The van der Waals surface area contributed by atoms with E-state index in [1.807, 2.05) is 13.0 Å². The van der Waals surface area contributed by atoms with Crippen molar-refractivity contribution in [3.63, 3.8) is 0 Å². The van der Waals surface area contributed by atoms with Crippen molar-refractivity contribution in [2.24, 2.45) is 0 Å². The maximum Gasteiger partial charge on any atom is 0.246 e. The van der Waals surface area contributed by atoms with E-state index in [9.17, 15) is 8.42 Å². The molecule has 1 aromatic rings. The molecule has 0 aliphatic carbocycles. The van der Waals surface area contributed by atoms with Gasteiger partial charge in [0.05, 0.1) is 7.11 Å². The van der Waals surface area contributed by atoms with Crippen LogP contribution in [0.5, 0.6) is 5.75 Å². The van der Waals surface area contributed by atoms with Crippen LogP contribution >= 0.6 is 0 Å². The molecule has 0 atom stereocenters. The average Bonchev–Trinajstić information content (AvgIpc) is 2.54. The fourth-order valence-electron chi connectivity index (χ4n) is 2.57. The molecule has 0 aromatic heterocycles. The number of likely N-dealkylation sites (N-methyl/N-ethyl adjacent to an activating group) is 1. The Morgan fingerprint density at radius 1 is 1.14 bits per heavy atom. The molecule has 1 fully saturated rings. The number of rotatable bonds is 5. The van der Waals surface area contributed by atoms with Crippen molar-refractivity contribution >= 4 is 10.0 Å². The maximum absolute atomic E-state index is 12.9. The van der Waals surface area contributed by atoms with E-state index in [0.29, 0.717) is 18.8 Å². The van der Waals surface area contributed by atoms with Crippen LogP contribution in [-0.2, 0) is 16.4 Å². The molecular weight excluding hydrogens is 288 g/mol. The average molecular weight is 312 g/mol. The van der Waals surface area contributed by atoms with Gasteiger partial charge in [-0.1, -0.05) is 19.9 Å². The first-order valence-electron chi connectivity index (χ1n) is 7.42. The Morgan fingerprint density at radius 3 is 2.33 bits per heavy atom. The molecule has 0 amide bonds. The third-order valence-electron chi connectivity index (χ3n) is 4.03. The lowest BCUT2D eigenvalue weighted by Crippen LogP contribution is -2.48. The van der Waals surface area contributed by atoms with E-state index in [2.05, 4.69) is 11.8 Å². The van der Waals surface area contributed by atoms with Crippen molar-refractivity contribution < 1.29 is 13.2 Å². The molecule has 2 rings (SSSR count). The van der Waals surface area contributed by atoms with Crippen LogP contribution in [0, 0.1) is 0 Å². The van der Waals surface area contributed by atoms with Crippen LogP contribution in [0.2, 0.25) is 0 Å². The summed E-state index contributed by atoms with van der Waals surface area (Å²) >= 11 is 0. The van der Waals surface area contributed by atoms with Crippen molar-refractivity contribution in [3.8, 4) is 5.75 Å². The Hall–Kier alpha value is -1.11. The van der Waals surface area contributed by atoms with Crippen molar-refractivity contribution in [2.45, 2.75) is 25.2 Å². The van der Waals surface area contributed by atoms with Crippen molar-refractivity contribution in [3.05, 3.63) is 23.8 Å². The van der Waals surface area contributed by atoms with Gasteiger partial charge in [0.25, 0.3) is 0 Å². The van der Waals surface area contributed by atoms with Gasteiger partial charge in [-0.2, -0.15) is 4.31 Å². The zero-order valence-corrected chi connectivity index (χ0v) is 13.8. The predicted molar refractivity (Wildman–Crippen MR) is 83.2 cm³/mol. The number of sulfonamides is 1. The molecule has 0 radical (unpaired) electrons. The van der Waals surface area contributed by atoms with Gasteiger partial charge in [-0.15, -0.1) is 0 Å². The third kappa shape index (κ3) is 3.39. The molecule has 6 heteroatoms. The van der Waals surface area contributed by atoms with Gasteiger partial charge in [-0.05, 0) is 30.7 Å². The summed E-state index contributed by atoms with van der Waals surface area (Å²) in [6, 6.07) is 5.39. The summed E-state index contributed by atoms with van der Waals surface area (Å²) in [6.45, 7) is 7.71. The van der Waals surface area contributed by atoms with Crippen molar-refractivity contribution in [1.29, 1.82) is 0 Å². The van der Waals surface area contributed by atoms with Gasteiger partial charge in [0, 0.05) is 26.2 Å². The lowest BCUT2D eigenvalue weighted by molar-refractivity contribution is 0.196. The molecule has 0 unspecified atom stereocenters. The summed E-state index contributed by atoms with van der Waals surface area (Å²) in [5, 5.41) is 0. The molecule has 118 valence electrons. The highest BCUT2D eigenvalue weighted by atomic mass is 32.2. The predicted octanol–water partition coefficient (Wildman–Crippen LogP) is 1.58. The number of hydrogen-bond donors (Lipinski definition) is 0. The van der Waals surface area contributed by atoms with E-state index in [4.69, 9.17) is 4.74 Å². The highest BCUT2D eigenvalue weighted by molar-refractivity contribution is 7.89. The first-order chi connectivity index (χ1) is 10.0. The zero-order chi connectivity index (χ0) is 15.5. The summed E-state index contributed by atoms with van der Waals surface area (Å²) in [5.41, 5.74) is 1.00. The molecule has 1 aromatic carbocycles. The van der Waals surface area contributed by atoms with E-state index in [1.165, 1.54) is 7.11 Å². The van der Waals surface area contributed by atoms with Gasteiger partial charge in [0.15, 0.2) is 0 Å². The van der Waals surface area contributed by atoms with Crippen LogP contribution in [-0.4, -0.2) is 57.5 Å². The number of ether oxygens (including phenoxy) is 1. The first kappa shape index (κ1) is 16.3. The number of piperazine rings is 1. The number of aryl methyl sites for hydroxylation is 1.